The molecule has 0 saturated carbocycles. The number of carbonyl (C=O) groups excluding carboxylic acids is 2. The van der Waals surface area contributed by atoms with E-state index in [1.807, 2.05) is 0 Å². The molecule has 0 bridgehead atoms. The number of anilines is 1. The minimum atomic E-state index is -0.983. The van der Waals surface area contributed by atoms with Crippen LogP contribution in [0.5, 0.6) is 17.5 Å². The number of carbonyl (C=O) groups is 2. The van der Waals surface area contributed by atoms with Gasteiger partial charge in [-0.05, 0) is 47.6 Å². The molecule has 12 nitrogen and oxygen atoms in total. The summed E-state index contributed by atoms with van der Waals surface area (Å²) in [6.45, 7) is 10.1. The summed E-state index contributed by atoms with van der Waals surface area (Å²) < 4.78 is 21.8. The van der Waals surface area contributed by atoms with Gasteiger partial charge in [-0.2, -0.15) is 4.90 Å². The van der Waals surface area contributed by atoms with Crippen molar-refractivity contribution in [3.63, 3.8) is 0 Å². The van der Waals surface area contributed by atoms with E-state index >= 15 is 0 Å². The normalized spacial score (nSPS) is 11.7. The molecular weight excluding hydrogens is 432 g/mol. The first-order chi connectivity index (χ1) is 15.4. The van der Waals surface area contributed by atoms with Gasteiger partial charge in [0.05, 0.1) is 7.11 Å². The number of nitrogens with zero attached hydrogens (tertiary/aromatic N) is 5. The fraction of sp³-hybridized carbons (Fsp3) is 0.429. The third-order valence-corrected chi connectivity index (χ3v) is 3.81. The zero-order valence-electron chi connectivity index (χ0n) is 19.5. The molecule has 0 aliphatic heterocycles. The van der Waals surface area contributed by atoms with Crippen molar-refractivity contribution in [2.45, 2.75) is 52.7 Å². The van der Waals surface area contributed by atoms with E-state index in [1.54, 1.807) is 53.7 Å². The van der Waals surface area contributed by atoms with Gasteiger partial charge in [-0.15, -0.1) is 5.10 Å². The van der Waals surface area contributed by atoms with Gasteiger partial charge >= 0.3 is 12.2 Å². The number of ether oxygens (including phenoxy) is 4. The maximum absolute atomic E-state index is 13.0. The molecule has 0 radical (unpaired) electrons. The summed E-state index contributed by atoms with van der Waals surface area (Å²) in [6.07, 6.45) is 0.700. The number of rotatable bonds is 4. The lowest BCUT2D eigenvalue weighted by Crippen LogP contribution is -2.44. The average molecular weight is 458 g/mol. The quantitative estimate of drug-likeness (QED) is 0.603. The van der Waals surface area contributed by atoms with E-state index in [2.05, 4.69) is 25.1 Å². The largest absolute Gasteiger partial charge is 0.497 e. The highest BCUT2D eigenvalue weighted by molar-refractivity contribution is 6.14. The first-order valence-electron chi connectivity index (χ1n) is 10.0. The van der Waals surface area contributed by atoms with E-state index < -0.39 is 23.4 Å². The Kier molecular flexibility index (Phi) is 6.38. The van der Waals surface area contributed by atoms with Crippen molar-refractivity contribution in [2.24, 2.45) is 0 Å². The van der Waals surface area contributed by atoms with Gasteiger partial charge in [-0.1, -0.05) is 0 Å². The zero-order chi connectivity index (χ0) is 24.4. The molecular formula is C21H26N6O6. The molecule has 0 aliphatic carbocycles. The van der Waals surface area contributed by atoms with Gasteiger partial charge in [-0.3, -0.25) is 5.10 Å². The minimum Gasteiger partial charge on any atom is -0.497 e. The fourth-order valence-corrected chi connectivity index (χ4v) is 2.60. The van der Waals surface area contributed by atoms with E-state index in [0.29, 0.717) is 10.6 Å². The minimum absolute atomic E-state index is 0.0153. The van der Waals surface area contributed by atoms with Crippen molar-refractivity contribution in [1.29, 1.82) is 0 Å². The number of hydrogen-bond acceptors (Lipinski definition) is 10. The Balaban J connectivity index is 2.11. The van der Waals surface area contributed by atoms with Crippen molar-refractivity contribution in [3.05, 3.63) is 24.7 Å². The van der Waals surface area contributed by atoms with E-state index in [1.165, 1.54) is 19.6 Å². The maximum atomic E-state index is 13.0. The van der Waals surface area contributed by atoms with Gasteiger partial charge in [0.25, 0.3) is 5.88 Å². The van der Waals surface area contributed by atoms with Crippen LogP contribution in [0.1, 0.15) is 41.5 Å². The molecule has 33 heavy (non-hydrogen) atoms. The zero-order valence-corrected chi connectivity index (χ0v) is 19.5. The lowest BCUT2D eigenvalue weighted by molar-refractivity contribution is 0.0429. The van der Waals surface area contributed by atoms with Crippen molar-refractivity contribution < 1.29 is 28.5 Å². The number of nitrogens with one attached hydrogen (secondary N) is 1. The Morgan fingerprint density at radius 1 is 0.970 bits per heavy atom. The van der Waals surface area contributed by atoms with Gasteiger partial charge in [0.15, 0.2) is 11.5 Å². The van der Waals surface area contributed by atoms with Crippen LogP contribution in [0.25, 0.3) is 11.0 Å². The summed E-state index contributed by atoms with van der Waals surface area (Å²) in [4.78, 5) is 39.1. The molecule has 3 rings (SSSR count). The highest BCUT2D eigenvalue weighted by Crippen LogP contribution is 2.34. The molecule has 176 valence electrons. The molecule has 2 amide bonds. The lowest BCUT2D eigenvalue weighted by Gasteiger charge is -2.28. The molecule has 3 aromatic heterocycles. The molecule has 0 atom stereocenters. The molecule has 0 spiro atoms. The van der Waals surface area contributed by atoms with E-state index in [0.717, 1.165) is 0 Å². The SMILES string of the molecule is COc1ccnc(Oc2n[nH]c3ncnc(N(C(=O)OC(C)(C)C)C(=O)OC(C)(C)C)c23)c1. The molecule has 0 unspecified atom stereocenters. The predicted octanol–water partition coefficient (Wildman–Crippen LogP) is 4.23. The van der Waals surface area contributed by atoms with Crippen molar-refractivity contribution in [2.75, 3.05) is 12.0 Å². The first kappa shape index (κ1) is 23.7. The number of imide groups is 1. The van der Waals surface area contributed by atoms with Gasteiger partial charge in [0.2, 0.25) is 5.88 Å². The highest BCUT2D eigenvalue weighted by Gasteiger charge is 2.36. The van der Waals surface area contributed by atoms with E-state index in [4.69, 9.17) is 18.9 Å². The van der Waals surface area contributed by atoms with E-state index in [9.17, 15) is 9.59 Å². The number of H-pyrrole nitrogens is 1. The second kappa shape index (κ2) is 8.88. The summed E-state index contributed by atoms with van der Waals surface area (Å²) >= 11 is 0. The number of fused-ring (bicyclic) bond motifs is 1. The van der Waals surface area contributed by atoms with Crippen LogP contribution in [0.4, 0.5) is 15.4 Å². The number of aromatic amines is 1. The molecule has 0 fully saturated rings. The highest BCUT2D eigenvalue weighted by atomic mass is 16.6. The smallest absolute Gasteiger partial charge is 0.425 e. The van der Waals surface area contributed by atoms with Crippen molar-refractivity contribution in [1.82, 2.24) is 25.1 Å². The Labute approximate surface area is 190 Å². The molecule has 3 heterocycles. The lowest BCUT2D eigenvalue weighted by atomic mass is 10.2. The van der Waals surface area contributed by atoms with Crippen LogP contribution in [-0.2, 0) is 9.47 Å². The number of methoxy groups -OCH3 is 1. The van der Waals surface area contributed by atoms with Gasteiger partial charge in [-0.25, -0.2) is 24.5 Å². The molecule has 0 aliphatic rings. The predicted molar refractivity (Wildman–Crippen MR) is 117 cm³/mol. The van der Waals surface area contributed by atoms with Crippen molar-refractivity contribution in [3.8, 4) is 17.5 Å². The third kappa shape index (κ3) is 5.84. The van der Waals surface area contributed by atoms with Crippen LogP contribution < -0.4 is 14.4 Å². The summed E-state index contributed by atoms with van der Waals surface area (Å²) in [7, 11) is 1.51. The second-order valence-corrected chi connectivity index (χ2v) is 8.88. The van der Waals surface area contributed by atoms with Crippen LogP contribution in [0, 0.1) is 0 Å². The number of hydrogen-bond donors (Lipinski definition) is 1. The second-order valence-electron chi connectivity index (χ2n) is 8.88. The molecule has 3 aromatic rings. The standard InChI is InChI=1S/C21H26N6O6/c1-20(2,3)32-18(28)27(19(29)33-21(4,5)6)16-14-15(23-11-24-16)25-26-17(14)31-13-10-12(30-7)8-9-22-13/h8-11H,1-7H3,(H,23,24,25,26). The van der Waals surface area contributed by atoms with Crippen LogP contribution in [0.15, 0.2) is 24.7 Å². The Bertz CT molecular complexity index is 1140. The number of amides is 2. The van der Waals surface area contributed by atoms with Crippen LogP contribution in [0.3, 0.4) is 0 Å². The molecule has 0 aromatic carbocycles. The third-order valence-electron chi connectivity index (χ3n) is 3.81. The van der Waals surface area contributed by atoms with E-state index in [-0.39, 0.29) is 28.6 Å². The monoisotopic (exact) mass is 458 g/mol. The van der Waals surface area contributed by atoms with Crippen LogP contribution in [0.2, 0.25) is 0 Å². The van der Waals surface area contributed by atoms with Crippen LogP contribution >= 0.6 is 0 Å². The summed E-state index contributed by atoms with van der Waals surface area (Å²) in [6, 6.07) is 3.19. The molecule has 12 heteroatoms. The maximum Gasteiger partial charge on any atom is 0.425 e. The number of pyridine rings is 1. The van der Waals surface area contributed by atoms with Crippen molar-refractivity contribution >= 4 is 29.0 Å². The first-order valence-corrected chi connectivity index (χ1v) is 10.0. The van der Waals surface area contributed by atoms with Crippen LogP contribution in [-0.4, -0.2) is 55.6 Å². The summed E-state index contributed by atoms with van der Waals surface area (Å²) in [5, 5.41) is 6.94. The molecule has 1 N–H and O–H groups in total. The Morgan fingerprint density at radius 2 is 1.61 bits per heavy atom. The Morgan fingerprint density at radius 3 is 2.18 bits per heavy atom. The van der Waals surface area contributed by atoms with Gasteiger partial charge in [0.1, 0.15) is 28.7 Å². The van der Waals surface area contributed by atoms with Gasteiger partial charge in [0, 0.05) is 12.3 Å². The summed E-state index contributed by atoms with van der Waals surface area (Å²) in [5.41, 5.74) is -1.55. The average Bonchev–Trinajstić information content (AvgIpc) is 3.09. The Hall–Kier alpha value is -3.96. The summed E-state index contributed by atoms with van der Waals surface area (Å²) in [5.74, 6) is 0.535. The topological polar surface area (TPSA) is 142 Å². The van der Waals surface area contributed by atoms with Gasteiger partial charge < -0.3 is 18.9 Å². The molecule has 0 saturated heterocycles. The fourth-order valence-electron chi connectivity index (χ4n) is 2.60. The number of aromatic nitrogens is 5.